The van der Waals surface area contributed by atoms with Crippen LogP contribution in [0.1, 0.15) is 6.42 Å². The van der Waals surface area contributed by atoms with Crippen molar-refractivity contribution in [1.82, 2.24) is 10.3 Å². The van der Waals surface area contributed by atoms with Crippen molar-refractivity contribution in [3.05, 3.63) is 17.4 Å². The van der Waals surface area contributed by atoms with Crippen LogP contribution in [0.25, 0.3) is 0 Å². The number of amides is 2. The normalized spacial score (nSPS) is 28.7. The summed E-state index contributed by atoms with van der Waals surface area (Å²) in [4.78, 5) is 27.3. The van der Waals surface area contributed by atoms with E-state index in [0.717, 1.165) is 0 Å². The maximum atomic E-state index is 12.2. The fourth-order valence-corrected chi connectivity index (χ4v) is 2.51. The molecular formula is C11H11ClN4O3. The van der Waals surface area contributed by atoms with Crippen LogP contribution in [0.3, 0.4) is 0 Å². The van der Waals surface area contributed by atoms with Crippen LogP contribution in [0.2, 0.25) is 5.15 Å². The smallest absolute Gasteiger partial charge is 0.270 e. The summed E-state index contributed by atoms with van der Waals surface area (Å²) < 4.78 is 5.73. The van der Waals surface area contributed by atoms with Crippen molar-refractivity contribution in [2.24, 2.45) is 5.73 Å². The number of aromatic nitrogens is 1. The Morgan fingerprint density at radius 1 is 1.63 bits per heavy atom. The highest BCUT2D eigenvalue weighted by Gasteiger charge is 2.52. The molecule has 7 nitrogen and oxygen atoms in total. The number of halogens is 1. The number of pyridine rings is 1. The summed E-state index contributed by atoms with van der Waals surface area (Å²) >= 11 is 5.95. The number of carbonyl (C=O) groups is 2. The molecule has 0 radical (unpaired) electrons. The Hall–Kier alpha value is -1.86. The minimum absolute atomic E-state index is 0.166. The number of fused-ring (bicyclic) bond motifs is 1. The quantitative estimate of drug-likeness (QED) is 0.611. The molecular weight excluding hydrogens is 272 g/mol. The van der Waals surface area contributed by atoms with Gasteiger partial charge < -0.3 is 21.1 Å². The van der Waals surface area contributed by atoms with E-state index in [4.69, 9.17) is 22.1 Å². The van der Waals surface area contributed by atoms with Crippen molar-refractivity contribution < 1.29 is 14.3 Å². The van der Waals surface area contributed by atoms with Crippen LogP contribution in [-0.2, 0) is 9.59 Å². The van der Waals surface area contributed by atoms with Crippen molar-refractivity contribution in [3.8, 4) is 5.75 Å². The van der Waals surface area contributed by atoms with Gasteiger partial charge in [0.25, 0.3) is 5.91 Å². The summed E-state index contributed by atoms with van der Waals surface area (Å²) in [7, 11) is 0. The molecule has 4 N–H and O–H groups in total. The van der Waals surface area contributed by atoms with Gasteiger partial charge in [0.05, 0.1) is 11.7 Å². The molecule has 1 saturated heterocycles. The number of anilines is 1. The molecule has 1 fully saturated rings. The molecule has 0 aromatic carbocycles. The standard InChI is InChI=1S/C11H11ClN4O3/c12-8-7-5(1-2-14-8)16-10(18)11(19-7)3-6(9(13)17)15-4-11/h1-2,6,15H,3-4H2,(H2,13,17)(H,16,18)/t6-,11+/m0/s1. The fraction of sp³-hybridized carbons (Fsp3) is 0.364. The maximum absolute atomic E-state index is 12.2. The highest BCUT2D eigenvalue weighted by molar-refractivity contribution is 6.31. The summed E-state index contributed by atoms with van der Waals surface area (Å²) in [6.07, 6.45) is 1.64. The van der Waals surface area contributed by atoms with E-state index < -0.39 is 17.6 Å². The first-order valence-electron chi connectivity index (χ1n) is 5.69. The van der Waals surface area contributed by atoms with Gasteiger partial charge in [-0.05, 0) is 6.07 Å². The monoisotopic (exact) mass is 282 g/mol. The van der Waals surface area contributed by atoms with E-state index >= 15 is 0 Å². The Kier molecular flexibility index (Phi) is 2.61. The number of hydrogen-bond acceptors (Lipinski definition) is 5. The SMILES string of the molecule is NC(=O)[C@@H]1C[C@]2(CN1)Oc1c(ccnc1Cl)NC2=O. The summed E-state index contributed by atoms with van der Waals surface area (Å²) in [6, 6.07) is 1.00. The van der Waals surface area contributed by atoms with Gasteiger partial charge in [-0.3, -0.25) is 9.59 Å². The molecule has 0 saturated carbocycles. The van der Waals surface area contributed by atoms with E-state index in [0.29, 0.717) is 11.4 Å². The van der Waals surface area contributed by atoms with Crippen molar-refractivity contribution >= 4 is 29.1 Å². The van der Waals surface area contributed by atoms with E-state index in [9.17, 15) is 9.59 Å². The van der Waals surface area contributed by atoms with E-state index in [2.05, 4.69) is 15.6 Å². The average Bonchev–Trinajstić information content (AvgIpc) is 2.78. The molecule has 19 heavy (non-hydrogen) atoms. The van der Waals surface area contributed by atoms with E-state index in [1.165, 1.54) is 6.20 Å². The first-order chi connectivity index (χ1) is 9.02. The summed E-state index contributed by atoms with van der Waals surface area (Å²) in [5.41, 5.74) is 4.53. The van der Waals surface area contributed by atoms with Crippen molar-refractivity contribution in [1.29, 1.82) is 0 Å². The minimum atomic E-state index is -1.17. The van der Waals surface area contributed by atoms with Gasteiger partial charge in [0.2, 0.25) is 11.5 Å². The van der Waals surface area contributed by atoms with E-state index in [-0.39, 0.29) is 24.0 Å². The lowest BCUT2D eigenvalue weighted by Gasteiger charge is -2.33. The van der Waals surface area contributed by atoms with Crippen LogP contribution in [0.4, 0.5) is 5.69 Å². The molecule has 100 valence electrons. The average molecular weight is 283 g/mol. The Morgan fingerprint density at radius 3 is 3.11 bits per heavy atom. The summed E-state index contributed by atoms with van der Waals surface area (Å²) in [6.45, 7) is 0.192. The molecule has 1 aromatic heterocycles. The number of nitrogens with two attached hydrogens (primary N) is 1. The van der Waals surface area contributed by atoms with E-state index in [1.807, 2.05) is 0 Å². The zero-order valence-electron chi connectivity index (χ0n) is 9.77. The van der Waals surface area contributed by atoms with Crippen molar-refractivity contribution in [2.45, 2.75) is 18.1 Å². The van der Waals surface area contributed by atoms with Gasteiger partial charge in [0.15, 0.2) is 10.9 Å². The predicted molar refractivity (Wildman–Crippen MR) is 66.8 cm³/mol. The van der Waals surface area contributed by atoms with Crippen LogP contribution in [0, 0.1) is 0 Å². The van der Waals surface area contributed by atoms with E-state index in [1.54, 1.807) is 6.07 Å². The second-order valence-electron chi connectivity index (χ2n) is 4.57. The molecule has 3 heterocycles. The Morgan fingerprint density at radius 2 is 2.42 bits per heavy atom. The van der Waals surface area contributed by atoms with Crippen LogP contribution in [0.15, 0.2) is 12.3 Å². The number of primary amides is 1. The lowest BCUT2D eigenvalue weighted by Crippen LogP contribution is -2.52. The third kappa shape index (κ3) is 1.82. The first kappa shape index (κ1) is 12.2. The van der Waals surface area contributed by atoms with Gasteiger partial charge in [0.1, 0.15) is 0 Å². The highest BCUT2D eigenvalue weighted by atomic mass is 35.5. The van der Waals surface area contributed by atoms with Gasteiger partial charge >= 0.3 is 0 Å². The first-order valence-corrected chi connectivity index (χ1v) is 6.07. The number of hydrogen-bond donors (Lipinski definition) is 3. The van der Waals surface area contributed by atoms with Gasteiger partial charge in [-0.25, -0.2) is 4.98 Å². The van der Waals surface area contributed by atoms with Crippen molar-refractivity contribution in [3.63, 3.8) is 0 Å². The van der Waals surface area contributed by atoms with Crippen molar-refractivity contribution in [2.75, 3.05) is 11.9 Å². The summed E-state index contributed by atoms with van der Waals surface area (Å²) in [5.74, 6) is -0.523. The minimum Gasteiger partial charge on any atom is -0.471 e. The molecule has 8 heteroatoms. The number of carbonyl (C=O) groups excluding carboxylic acids is 2. The molecule has 0 bridgehead atoms. The topological polar surface area (TPSA) is 106 Å². The molecule has 2 aliphatic rings. The number of ether oxygens (including phenoxy) is 1. The second kappa shape index (κ2) is 4.07. The molecule has 2 amide bonds. The van der Waals surface area contributed by atoms with Crippen LogP contribution < -0.4 is 21.1 Å². The molecule has 1 spiro atoms. The fourth-order valence-electron chi connectivity index (χ4n) is 2.31. The van der Waals surface area contributed by atoms with Gasteiger partial charge in [-0.2, -0.15) is 0 Å². The largest absolute Gasteiger partial charge is 0.471 e. The predicted octanol–water partition coefficient (Wildman–Crippen LogP) is -0.348. The molecule has 3 rings (SSSR count). The lowest BCUT2D eigenvalue weighted by atomic mass is 9.96. The number of rotatable bonds is 1. The maximum Gasteiger partial charge on any atom is 0.270 e. The third-order valence-electron chi connectivity index (χ3n) is 3.33. The molecule has 1 aromatic rings. The lowest BCUT2D eigenvalue weighted by molar-refractivity contribution is -0.131. The van der Waals surface area contributed by atoms with Gasteiger partial charge in [-0.15, -0.1) is 0 Å². The zero-order valence-corrected chi connectivity index (χ0v) is 10.5. The molecule has 0 unspecified atom stereocenters. The summed E-state index contributed by atoms with van der Waals surface area (Å²) in [5, 5.41) is 5.75. The van der Waals surface area contributed by atoms with Crippen LogP contribution in [0.5, 0.6) is 5.75 Å². The van der Waals surface area contributed by atoms with Crippen LogP contribution in [-0.4, -0.2) is 35.0 Å². The second-order valence-corrected chi connectivity index (χ2v) is 4.93. The Bertz CT molecular complexity index is 579. The molecule has 0 aliphatic carbocycles. The van der Waals surface area contributed by atoms with Crippen LogP contribution >= 0.6 is 11.6 Å². The number of nitrogens with one attached hydrogen (secondary N) is 2. The molecule has 2 atom stereocenters. The Balaban J connectivity index is 1.96. The molecule has 2 aliphatic heterocycles. The third-order valence-corrected chi connectivity index (χ3v) is 3.60. The zero-order chi connectivity index (χ0) is 13.6. The number of nitrogens with zero attached hydrogens (tertiary/aromatic N) is 1. The van der Waals surface area contributed by atoms with Gasteiger partial charge in [0, 0.05) is 19.2 Å². The van der Waals surface area contributed by atoms with Gasteiger partial charge in [-0.1, -0.05) is 11.6 Å². The Labute approximate surface area is 113 Å². The highest BCUT2D eigenvalue weighted by Crippen LogP contribution is 2.40.